The summed E-state index contributed by atoms with van der Waals surface area (Å²) in [6.45, 7) is 0.915. The van der Waals surface area contributed by atoms with Crippen LogP contribution in [0.25, 0.3) is 10.9 Å². The lowest BCUT2D eigenvalue weighted by molar-refractivity contribution is -0.120. The molecule has 4 rings (SSSR count). The number of benzene rings is 1. The number of fused-ring (bicyclic) bond motifs is 1. The molecule has 0 radical (unpaired) electrons. The number of carboxylic acid groups (broad SMARTS) is 1. The number of pyridine rings is 1. The summed E-state index contributed by atoms with van der Waals surface area (Å²) in [7, 11) is 4.98. The number of hydrogen-bond donors (Lipinski definition) is 2. The van der Waals surface area contributed by atoms with Gasteiger partial charge in [-0.3, -0.25) is 9.59 Å². The van der Waals surface area contributed by atoms with E-state index in [1.54, 1.807) is 14.4 Å². The molecule has 0 bridgehead atoms. The average Bonchev–Trinajstić information content (AvgIpc) is 3.71. The van der Waals surface area contributed by atoms with Crippen molar-refractivity contribution in [1.82, 2.24) is 9.47 Å². The second-order valence-corrected chi connectivity index (χ2v) is 10.3. The number of methoxy groups -OCH3 is 1. The van der Waals surface area contributed by atoms with Crippen molar-refractivity contribution >= 4 is 28.3 Å². The Morgan fingerprint density at radius 1 is 1.29 bits per heavy atom. The number of hydrogen-bond acceptors (Lipinski definition) is 7. The second-order valence-electron chi connectivity index (χ2n) is 10.3. The number of allylic oxidation sites excluding steroid dienone is 1. The van der Waals surface area contributed by atoms with Crippen LogP contribution in [-0.2, 0) is 4.79 Å². The van der Waals surface area contributed by atoms with Crippen LogP contribution in [0.3, 0.4) is 0 Å². The number of piperidine rings is 1. The van der Waals surface area contributed by atoms with Gasteiger partial charge in [0.1, 0.15) is 17.1 Å². The molecule has 2 fully saturated rings. The van der Waals surface area contributed by atoms with Gasteiger partial charge in [0, 0.05) is 44.7 Å². The molecule has 3 N–H and O–H groups in total. The number of likely N-dealkylation sites (N-methyl/N-ethyl adjacent to an activating group) is 1. The van der Waals surface area contributed by atoms with Crippen molar-refractivity contribution in [3.8, 4) is 5.75 Å². The minimum absolute atomic E-state index is 0.0163. The minimum Gasteiger partial charge on any atom is -0.492 e. The van der Waals surface area contributed by atoms with Crippen LogP contribution in [0.4, 0.5) is 14.5 Å². The van der Waals surface area contributed by atoms with E-state index in [9.17, 15) is 19.5 Å². The number of nitrogens with two attached hydrogens (primary N) is 1. The summed E-state index contributed by atoms with van der Waals surface area (Å²) in [4.78, 5) is 40.4. The number of carbonyl (C=O) groups excluding carboxylic acids is 1. The lowest BCUT2D eigenvalue weighted by Gasteiger charge is -2.33. The SMILES string of the molecule is COc1c(N2CCC/C(=C(\F)CCC(=O)[C@@H](N)CN(C)C)C2)c(F)cc2c(=O)c(C(=O)O)cn(C3CC3)c12. The lowest BCUT2D eigenvalue weighted by atomic mass is 9.99. The molecule has 1 saturated carbocycles. The smallest absolute Gasteiger partial charge is 0.341 e. The van der Waals surface area contributed by atoms with Gasteiger partial charge in [-0.1, -0.05) is 0 Å². The summed E-state index contributed by atoms with van der Waals surface area (Å²) >= 11 is 0. The predicted octanol–water partition coefficient (Wildman–Crippen LogP) is 3.24. The monoisotopic (exact) mass is 532 g/mol. The topological polar surface area (TPSA) is 118 Å². The van der Waals surface area contributed by atoms with Gasteiger partial charge in [-0.25, -0.2) is 13.6 Å². The zero-order valence-corrected chi connectivity index (χ0v) is 21.9. The van der Waals surface area contributed by atoms with E-state index in [4.69, 9.17) is 10.5 Å². The van der Waals surface area contributed by atoms with E-state index in [2.05, 4.69) is 0 Å². The molecule has 11 heteroatoms. The molecule has 1 aromatic heterocycles. The first kappa shape index (κ1) is 27.7. The molecule has 38 heavy (non-hydrogen) atoms. The number of ether oxygens (including phenoxy) is 1. The van der Waals surface area contributed by atoms with Crippen molar-refractivity contribution < 1.29 is 28.2 Å². The number of halogens is 2. The third-order valence-corrected chi connectivity index (χ3v) is 7.13. The van der Waals surface area contributed by atoms with Gasteiger partial charge in [0.2, 0.25) is 5.43 Å². The summed E-state index contributed by atoms with van der Waals surface area (Å²) in [5, 5.41) is 9.45. The quantitative estimate of drug-likeness (QED) is 0.479. The van der Waals surface area contributed by atoms with Crippen LogP contribution in [0.5, 0.6) is 5.75 Å². The van der Waals surface area contributed by atoms with Crippen molar-refractivity contribution in [2.24, 2.45) is 5.73 Å². The Hall–Kier alpha value is -3.31. The van der Waals surface area contributed by atoms with Crippen LogP contribution >= 0.6 is 0 Å². The highest BCUT2D eigenvalue weighted by molar-refractivity contribution is 5.97. The Morgan fingerprint density at radius 2 is 2.00 bits per heavy atom. The van der Waals surface area contributed by atoms with E-state index in [0.717, 1.165) is 18.9 Å². The molecule has 1 aliphatic carbocycles. The third kappa shape index (κ3) is 5.58. The molecule has 1 aromatic carbocycles. The Kier molecular flexibility index (Phi) is 8.17. The summed E-state index contributed by atoms with van der Waals surface area (Å²) < 4.78 is 38.1. The first-order chi connectivity index (χ1) is 18.0. The Balaban J connectivity index is 1.68. The first-order valence-electron chi connectivity index (χ1n) is 12.8. The highest BCUT2D eigenvalue weighted by Gasteiger charge is 2.32. The molecule has 0 spiro atoms. The van der Waals surface area contributed by atoms with E-state index >= 15 is 8.78 Å². The number of anilines is 1. The molecule has 1 saturated heterocycles. The summed E-state index contributed by atoms with van der Waals surface area (Å²) in [6.07, 6.45) is 3.85. The van der Waals surface area contributed by atoms with Crippen molar-refractivity contribution in [1.29, 1.82) is 0 Å². The van der Waals surface area contributed by atoms with Gasteiger partial charge in [0.05, 0.1) is 24.1 Å². The normalized spacial score (nSPS) is 18.1. The maximum absolute atomic E-state index is 15.6. The van der Waals surface area contributed by atoms with Gasteiger partial charge in [-0.05, 0) is 51.4 Å². The molecule has 0 amide bonds. The number of aromatic nitrogens is 1. The van der Waals surface area contributed by atoms with E-state index in [-0.39, 0.29) is 48.0 Å². The molecule has 2 heterocycles. The predicted molar refractivity (Wildman–Crippen MR) is 140 cm³/mol. The van der Waals surface area contributed by atoms with E-state index in [0.29, 0.717) is 37.0 Å². The first-order valence-corrected chi connectivity index (χ1v) is 12.8. The molecule has 0 unspecified atom stereocenters. The van der Waals surface area contributed by atoms with Crippen molar-refractivity contribution in [3.05, 3.63) is 45.3 Å². The number of carboxylic acids is 1. The van der Waals surface area contributed by atoms with Crippen molar-refractivity contribution in [2.45, 2.75) is 50.6 Å². The fraction of sp³-hybridized carbons (Fsp3) is 0.519. The van der Waals surface area contributed by atoms with Crippen molar-refractivity contribution in [3.63, 3.8) is 0 Å². The van der Waals surface area contributed by atoms with Crippen LogP contribution < -0.4 is 20.8 Å². The molecule has 2 aromatic rings. The van der Waals surface area contributed by atoms with Gasteiger partial charge < -0.3 is 29.9 Å². The van der Waals surface area contributed by atoms with Crippen LogP contribution in [0.2, 0.25) is 0 Å². The lowest BCUT2D eigenvalue weighted by Crippen LogP contribution is -2.39. The largest absolute Gasteiger partial charge is 0.492 e. The highest BCUT2D eigenvalue weighted by Crippen LogP contribution is 2.44. The maximum atomic E-state index is 15.6. The number of carbonyl (C=O) groups is 2. The molecule has 9 nitrogen and oxygen atoms in total. The fourth-order valence-corrected chi connectivity index (χ4v) is 5.10. The van der Waals surface area contributed by atoms with E-state index < -0.39 is 34.6 Å². The minimum atomic E-state index is -1.38. The zero-order chi connectivity index (χ0) is 27.7. The Labute approximate surface area is 219 Å². The second kappa shape index (κ2) is 11.2. The maximum Gasteiger partial charge on any atom is 0.341 e. The van der Waals surface area contributed by atoms with Crippen LogP contribution in [0.15, 0.2) is 28.5 Å². The number of aromatic carboxylic acids is 1. The standard InChI is InChI=1S/C27H34F2N4O5/c1-31(2)14-21(30)22(34)9-8-19(28)15-5-4-10-32(12-15)24-20(29)11-17-23(26(24)38-3)33(16-6-7-16)13-18(25(17)35)27(36)37/h11,13,16,21H,4-10,12,14,30H2,1-3H3,(H,36,37)/b19-15+/t21-/m0/s1. The molecular weight excluding hydrogens is 498 g/mol. The fourth-order valence-electron chi connectivity index (χ4n) is 5.10. The molecule has 1 aliphatic heterocycles. The van der Waals surface area contributed by atoms with Gasteiger partial charge in [-0.2, -0.15) is 0 Å². The van der Waals surface area contributed by atoms with Crippen LogP contribution in [-0.4, -0.2) is 73.2 Å². The molecular formula is C27H34F2N4O5. The highest BCUT2D eigenvalue weighted by atomic mass is 19.1. The number of rotatable bonds is 10. The molecule has 1 atom stereocenters. The van der Waals surface area contributed by atoms with Crippen molar-refractivity contribution in [2.75, 3.05) is 45.7 Å². The molecule has 206 valence electrons. The van der Waals surface area contributed by atoms with E-state index in [1.807, 2.05) is 14.1 Å². The van der Waals surface area contributed by atoms with Gasteiger partial charge in [0.15, 0.2) is 17.3 Å². The van der Waals surface area contributed by atoms with Gasteiger partial charge in [0.25, 0.3) is 0 Å². The zero-order valence-electron chi connectivity index (χ0n) is 21.9. The molecule has 2 aliphatic rings. The summed E-state index contributed by atoms with van der Waals surface area (Å²) in [6, 6.07) is 0.349. The number of Topliss-reactive ketones (excluding diaryl/α,β-unsaturated/α-hetero) is 1. The summed E-state index contributed by atoms with van der Waals surface area (Å²) in [5.41, 5.74) is 5.60. The number of nitrogens with zero attached hydrogens (tertiary/aromatic N) is 3. The van der Waals surface area contributed by atoms with Gasteiger partial charge in [-0.15, -0.1) is 0 Å². The Morgan fingerprint density at radius 3 is 2.61 bits per heavy atom. The van der Waals surface area contributed by atoms with E-state index in [1.165, 1.54) is 13.3 Å². The van der Waals surface area contributed by atoms with Crippen LogP contribution in [0, 0.1) is 5.82 Å². The third-order valence-electron chi connectivity index (χ3n) is 7.13. The Bertz CT molecular complexity index is 1350. The summed E-state index contributed by atoms with van der Waals surface area (Å²) in [5.74, 6) is -2.63. The van der Waals surface area contributed by atoms with Crippen LogP contribution in [0.1, 0.15) is 54.9 Å². The average molecular weight is 533 g/mol. The number of ketones is 1. The van der Waals surface area contributed by atoms with Gasteiger partial charge >= 0.3 is 5.97 Å².